The van der Waals surface area contributed by atoms with Crippen LogP contribution in [-0.4, -0.2) is 11.8 Å². The highest BCUT2D eigenvalue weighted by Crippen LogP contribution is 2.10. The van der Waals surface area contributed by atoms with Crippen molar-refractivity contribution < 1.29 is 14.4 Å². The van der Waals surface area contributed by atoms with Gasteiger partial charge in [0.05, 0.1) is 0 Å². The summed E-state index contributed by atoms with van der Waals surface area (Å²) in [5.74, 6) is 3.02. The third-order valence-electron chi connectivity index (χ3n) is 2.17. The molecular weight excluding hydrogens is 194 g/mol. The van der Waals surface area contributed by atoms with Crippen LogP contribution in [0.25, 0.3) is 0 Å². The normalized spacial score (nSPS) is 11.9. The predicted octanol–water partition coefficient (Wildman–Crippen LogP) is 0.851. The minimum atomic E-state index is -0.808. The summed E-state index contributed by atoms with van der Waals surface area (Å²) < 4.78 is 0. The minimum absolute atomic E-state index is 0.241. The maximum atomic E-state index is 11.2. The lowest BCUT2D eigenvalue weighted by Crippen LogP contribution is -2.28. The zero-order chi connectivity index (χ0) is 11.3. The van der Waals surface area contributed by atoms with Gasteiger partial charge in [0.2, 0.25) is 0 Å². The molecule has 2 N–H and O–H groups in total. The molecule has 0 aromatic heterocycles. The Bertz CT molecular complexity index is 348. The van der Waals surface area contributed by atoms with E-state index in [-0.39, 0.29) is 5.78 Å². The van der Waals surface area contributed by atoms with Crippen molar-refractivity contribution in [1.82, 2.24) is 0 Å². The van der Waals surface area contributed by atoms with Gasteiger partial charge in [0.1, 0.15) is 11.7 Å². The smallest absolute Gasteiger partial charge is 0.335 e. The van der Waals surface area contributed by atoms with E-state index in [1.165, 1.54) is 6.92 Å². The molecule has 1 atom stereocenters. The molecule has 0 bridgehead atoms. The molecule has 15 heavy (non-hydrogen) atoms. The Labute approximate surface area is 88.0 Å². The lowest BCUT2D eigenvalue weighted by Gasteiger charge is -2.10. The molecule has 0 saturated heterocycles. The third-order valence-corrected chi connectivity index (χ3v) is 2.17. The van der Waals surface area contributed by atoms with E-state index in [4.69, 9.17) is 5.90 Å². The van der Waals surface area contributed by atoms with E-state index >= 15 is 0 Å². The van der Waals surface area contributed by atoms with Gasteiger partial charge in [0, 0.05) is 0 Å². The molecule has 1 aromatic carbocycles. The average molecular weight is 207 g/mol. The highest BCUT2D eigenvalue weighted by Gasteiger charge is 2.24. The van der Waals surface area contributed by atoms with Crippen molar-refractivity contribution in [3.05, 3.63) is 35.9 Å². The fourth-order valence-corrected chi connectivity index (χ4v) is 1.32. The number of ketones is 1. The molecule has 0 aliphatic rings. The van der Waals surface area contributed by atoms with Crippen LogP contribution >= 0.6 is 0 Å². The lowest BCUT2D eigenvalue weighted by atomic mass is 9.96. The number of benzene rings is 1. The van der Waals surface area contributed by atoms with E-state index in [1.807, 2.05) is 30.3 Å². The molecule has 0 heterocycles. The summed E-state index contributed by atoms with van der Waals surface area (Å²) in [6.07, 6.45) is 0.326. The summed E-state index contributed by atoms with van der Waals surface area (Å²) >= 11 is 0. The van der Waals surface area contributed by atoms with Gasteiger partial charge in [-0.25, -0.2) is 4.79 Å². The molecule has 0 aliphatic heterocycles. The zero-order valence-corrected chi connectivity index (χ0v) is 8.47. The van der Waals surface area contributed by atoms with Gasteiger partial charge in [-0.15, -0.1) is 0 Å². The molecule has 1 rings (SSSR count). The Morgan fingerprint density at radius 1 is 1.33 bits per heavy atom. The van der Waals surface area contributed by atoms with Gasteiger partial charge in [-0.05, 0) is 18.9 Å². The number of carbonyl (C=O) groups excluding carboxylic acids is 2. The standard InChI is InChI=1S/C11H13NO3/c1-8(13)10(11(14)15-12)7-9-5-3-2-4-6-9/h2-6,10H,7,12H2,1H3. The number of hydrogen-bond acceptors (Lipinski definition) is 4. The van der Waals surface area contributed by atoms with Crippen LogP contribution in [0.4, 0.5) is 0 Å². The van der Waals surface area contributed by atoms with Crippen LogP contribution in [0.15, 0.2) is 30.3 Å². The zero-order valence-electron chi connectivity index (χ0n) is 8.47. The van der Waals surface area contributed by atoms with Crippen molar-refractivity contribution in [3.63, 3.8) is 0 Å². The first-order valence-corrected chi connectivity index (χ1v) is 4.60. The Kier molecular flexibility index (Phi) is 4.00. The fraction of sp³-hybridized carbons (Fsp3) is 0.273. The summed E-state index contributed by atoms with van der Waals surface area (Å²) in [4.78, 5) is 26.5. The van der Waals surface area contributed by atoms with E-state index in [0.29, 0.717) is 6.42 Å². The topological polar surface area (TPSA) is 69.4 Å². The van der Waals surface area contributed by atoms with Gasteiger partial charge < -0.3 is 4.84 Å². The second-order valence-corrected chi connectivity index (χ2v) is 3.29. The summed E-state index contributed by atoms with van der Waals surface area (Å²) in [5, 5.41) is 0. The van der Waals surface area contributed by atoms with E-state index in [0.717, 1.165) is 5.56 Å². The van der Waals surface area contributed by atoms with Gasteiger partial charge in [-0.3, -0.25) is 4.79 Å². The van der Waals surface area contributed by atoms with Crippen molar-refractivity contribution in [2.24, 2.45) is 11.8 Å². The van der Waals surface area contributed by atoms with Gasteiger partial charge in [-0.2, -0.15) is 5.90 Å². The van der Waals surface area contributed by atoms with Crippen LogP contribution in [0.1, 0.15) is 12.5 Å². The van der Waals surface area contributed by atoms with Crippen LogP contribution in [0.2, 0.25) is 0 Å². The molecule has 4 nitrogen and oxygen atoms in total. The van der Waals surface area contributed by atoms with Crippen molar-refractivity contribution in [1.29, 1.82) is 0 Å². The maximum absolute atomic E-state index is 11.2. The summed E-state index contributed by atoms with van der Waals surface area (Å²) in [7, 11) is 0. The number of Topliss-reactive ketones (excluding diaryl/α,β-unsaturated/α-hetero) is 1. The van der Waals surface area contributed by atoms with Crippen LogP contribution in [0.3, 0.4) is 0 Å². The lowest BCUT2D eigenvalue weighted by molar-refractivity contribution is -0.152. The minimum Gasteiger partial charge on any atom is -0.373 e. The molecule has 4 heteroatoms. The molecule has 1 unspecified atom stereocenters. The van der Waals surface area contributed by atoms with E-state index in [2.05, 4.69) is 4.84 Å². The summed E-state index contributed by atoms with van der Waals surface area (Å²) in [6.45, 7) is 1.35. The number of nitrogens with two attached hydrogens (primary N) is 1. The van der Waals surface area contributed by atoms with Crippen molar-refractivity contribution in [2.75, 3.05) is 0 Å². The predicted molar refractivity (Wildman–Crippen MR) is 54.6 cm³/mol. The van der Waals surface area contributed by atoms with Crippen LogP contribution in [0.5, 0.6) is 0 Å². The summed E-state index contributed by atoms with van der Waals surface area (Å²) in [6, 6.07) is 9.26. The summed E-state index contributed by atoms with van der Waals surface area (Å²) in [5.41, 5.74) is 0.906. The largest absolute Gasteiger partial charge is 0.373 e. The Balaban J connectivity index is 2.76. The highest BCUT2D eigenvalue weighted by atomic mass is 16.7. The number of hydrogen-bond donors (Lipinski definition) is 1. The van der Waals surface area contributed by atoms with E-state index < -0.39 is 11.9 Å². The third kappa shape index (κ3) is 3.18. The monoisotopic (exact) mass is 207 g/mol. The molecule has 1 aromatic rings. The van der Waals surface area contributed by atoms with E-state index in [9.17, 15) is 9.59 Å². The molecular formula is C11H13NO3. The first-order valence-electron chi connectivity index (χ1n) is 4.60. The van der Waals surface area contributed by atoms with Gasteiger partial charge in [0.25, 0.3) is 0 Å². The Hall–Kier alpha value is -1.68. The van der Waals surface area contributed by atoms with Crippen molar-refractivity contribution >= 4 is 11.8 Å². The first kappa shape index (κ1) is 11.4. The second kappa shape index (κ2) is 5.26. The number of rotatable bonds is 4. The Morgan fingerprint density at radius 2 is 1.93 bits per heavy atom. The molecule has 0 fully saturated rings. The molecule has 0 radical (unpaired) electrons. The molecule has 0 spiro atoms. The van der Waals surface area contributed by atoms with Crippen LogP contribution in [-0.2, 0) is 20.8 Å². The highest BCUT2D eigenvalue weighted by molar-refractivity contribution is 5.97. The average Bonchev–Trinajstić information content (AvgIpc) is 2.26. The second-order valence-electron chi connectivity index (χ2n) is 3.29. The van der Waals surface area contributed by atoms with Gasteiger partial charge >= 0.3 is 5.97 Å². The fourth-order valence-electron chi connectivity index (χ4n) is 1.32. The number of carbonyl (C=O) groups is 2. The van der Waals surface area contributed by atoms with E-state index in [1.54, 1.807) is 0 Å². The molecule has 0 saturated carbocycles. The quantitative estimate of drug-likeness (QED) is 0.587. The SMILES string of the molecule is CC(=O)C(Cc1ccccc1)C(=O)ON. The van der Waals surface area contributed by atoms with Gasteiger partial charge in [-0.1, -0.05) is 30.3 Å². The van der Waals surface area contributed by atoms with Crippen molar-refractivity contribution in [2.45, 2.75) is 13.3 Å². The van der Waals surface area contributed by atoms with Crippen molar-refractivity contribution in [3.8, 4) is 0 Å². The Morgan fingerprint density at radius 3 is 2.40 bits per heavy atom. The molecule has 0 aliphatic carbocycles. The van der Waals surface area contributed by atoms with Gasteiger partial charge in [0.15, 0.2) is 0 Å². The molecule has 80 valence electrons. The van der Waals surface area contributed by atoms with Crippen LogP contribution < -0.4 is 5.90 Å². The van der Waals surface area contributed by atoms with Crippen LogP contribution in [0, 0.1) is 5.92 Å². The molecule has 0 amide bonds. The first-order chi connectivity index (χ1) is 7.15. The maximum Gasteiger partial charge on any atom is 0.335 e.